The van der Waals surface area contributed by atoms with E-state index in [0.29, 0.717) is 24.6 Å². The highest BCUT2D eigenvalue weighted by Gasteiger charge is 2.23. The van der Waals surface area contributed by atoms with Gasteiger partial charge in [0.15, 0.2) is 0 Å². The van der Waals surface area contributed by atoms with Crippen LogP contribution in [0.1, 0.15) is 13.3 Å². The summed E-state index contributed by atoms with van der Waals surface area (Å²) in [7, 11) is 0. The van der Waals surface area contributed by atoms with Crippen LogP contribution in [0.25, 0.3) is 0 Å². The molecule has 1 unspecified atom stereocenters. The van der Waals surface area contributed by atoms with Gasteiger partial charge in [-0.3, -0.25) is 9.69 Å². The number of amides is 1. The highest BCUT2D eigenvalue weighted by atomic mass is 19.1. The molecule has 5 nitrogen and oxygen atoms in total. The summed E-state index contributed by atoms with van der Waals surface area (Å²) in [6, 6.07) is 4.18. The Kier molecular flexibility index (Phi) is 4.92. The highest BCUT2D eigenvalue weighted by Crippen LogP contribution is 2.19. The van der Waals surface area contributed by atoms with E-state index in [1.165, 1.54) is 18.2 Å². The summed E-state index contributed by atoms with van der Waals surface area (Å²) in [5, 5.41) is 2.66. The van der Waals surface area contributed by atoms with Crippen molar-refractivity contribution < 1.29 is 13.9 Å². The molecule has 2 rings (SSSR count). The molecule has 1 aromatic carbocycles. The third-order valence-electron chi connectivity index (χ3n) is 3.46. The van der Waals surface area contributed by atoms with Crippen molar-refractivity contribution in [2.24, 2.45) is 0 Å². The Hall–Kier alpha value is -1.66. The van der Waals surface area contributed by atoms with Gasteiger partial charge in [0.2, 0.25) is 5.91 Å². The summed E-state index contributed by atoms with van der Waals surface area (Å²) in [5.74, 6) is -0.616. The number of nitrogen functional groups attached to an aromatic ring is 1. The summed E-state index contributed by atoms with van der Waals surface area (Å²) >= 11 is 0. The number of halogens is 1. The lowest BCUT2D eigenvalue weighted by atomic mass is 10.2. The molecule has 3 N–H and O–H groups in total. The molecular weight excluding hydrogens is 261 g/mol. The van der Waals surface area contributed by atoms with Gasteiger partial charge in [-0.25, -0.2) is 4.39 Å². The maximum absolute atomic E-state index is 13.1. The van der Waals surface area contributed by atoms with E-state index in [4.69, 9.17) is 10.5 Å². The largest absolute Gasteiger partial charge is 0.397 e. The second kappa shape index (κ2) is 6.67. The summed E-state index contributed by atoms with van der Waals surface area (Å²) in [6.45, 7) is 4.33. The first-order valence-electron chi connectivity index (χ1n) is 6.76. The number of anilines is 2. The molecule has 6 heteroatoms. The number of benzene rings is 1. The number of ether oxygens (including phenoxy) is 1. The van der Waals surface area contributed by atoms with Crippen LogP contribution in [0.3, 0.4) is 0 Å². The molecule has 0 spiro atoms. The van der Waals surface area contributed by atoms with Crippen LogP contribution in [0.15, 0.2) is 18.2 Å². The van der Waals surface area contributed by atoms with Crippen LogP contribution < -0.4 is 11.1 Å². The molecule has 1 heterocycles. The minimum atomic E-state index is -0.424. The summed E-state index contributed by atoms with van der Waals surface area (Å²) in [4.78, 5) is 14.1. The van der Waals surface area contributed by atoms with E-state index in [1.54, 1.807) is 0 Å². The molecule has 110 valence electrons. The first-order chi connectivity index (χ1) is 9.60. The van der Waals surface area contributed by atoms with Crippen molar-refractivity contribution in [1.29, 1.82) is 0 Å². The van der Waals surface area contributed by atoms with Crippen LogP contribution in [0, 0.1) is 5.82 Å². The molecule has 20 heavy (non-hydrogen) atoms. The van der Waals surface area contributed by atoms with E-state index in [0.717, 1.165) is 13.0 Å². The molecular formula is C14H20FN3O2. The summed E-state index contributed by atoms with van der Waals surface area (Å²) < 4.78 is 18.5. The summed E-state index contributed by atoms with van der Waals surface area (Å²) in [5.41, 5.74) is 6.38. The van der Waals surface area contributed by atoms with Gasteiger partial charge in [0, 0.05) is 12.6 Å². The summed E-state index contributed by atoms with van der Waals surface area (Å²) in [6.07, 6.45) is 0.926. The normalized spacial score (nSPS) is 19.8. The Morgan fingerprint density at radius 2 is 2.40 bits per heavy atom. The number of carbonyl (C=O) groups excluding carboxylic acids is 1. The lowest BCUT2D eigenvalue weighted by Crippen LogP contribution is -2.48. The van der Waals surface area contributed by atoms with Crippen molar-refractivity contribution in [3.8, 4) is 0 Å². The fraction of sp³-hybridized carbons (Fsp3) is 0.500. The zero-order valence-electron chi connectivity index (χ0n) is 11.6. The van der Waals surface area contributed by atoms with Crippen molar-refractivity contribution >= 4 is 17.3 Å². The smallest absolute Gasteiger partial charge is 0.238 e. The van der Waals surface area contributed by atoms with E-state index in [9.17, 15) is 9.18 Å². The molecule has 1 amide bonds. The molecule has 0 saturated carbocycles. The zero-order chi connectivity index (χ0) is 14.5. The Bertz CT molecular complexity index is 481. The minimum Gasteiger partial charge on any atom is -0.397 e. The van der Waals surface area contributed by atoms with E-state index in [2.05, 4.69) is 17.1 Å². The van der Waals surface area contributed by atoms with Crippen LogP contribution >= 0.6 is 0 Å². The number of carbonyl (C=O) groups is 1. The topological polar surface area (TPSA) is 67.6 Å². The van der Waals surface area contributed by atoms with Gasteiger partial charge in [0.1, 0.15) is 5.82 Å². The van der Waals surface area contributed by atoms with Crippen molar-refractivity contribution in [3.05, 3.63) is 24.0 Å². The number of nitrogens with two attached hydrogens (primary N) is 1. The molecule has 1 atom stereocenters. The quantitative estimate of drug-likeness (QED) is 0.820. The number of rotatable bonds is 4. The Labute approximate surface area is 117 Å². The van der Waals surface area contributed by atoms with Gasteiger partial charge in [-0.1, -0.05) is 6.92 Å². The van der Waals surface area contributed by atoms with Gasteiger partial charge in [-0.05, 0) is 24.6 Å². The van der Waals surface area contributed by atoms with Crippen molar-refractivity contribution in [3.63, 3.8) is 0 Å². The first-order valence-corrected chi connectivity index (χ1v) is 6.76. The molecule has 1 aliphatic rings. The Balaban J connectivity index is 1.96. The molecule has 1 aliphatic heterocycles. The SMILES string of the molecule is CCC1COCCN1CC(=O)Nc1cc(F)ccc1N. The van der Waals surface area contributed by atoms with Gasteiger partial charge >= 0.3 is 0 Å². The van der Waals surface area contributed by atoms with Gasteiger partial charge < -0.3 is 15.8 Å². The molecule has 0 aromatic heterocycles. The van der Waals surface area contributed by atoms with Crippen LogP contribution in [0.5, 0.6) is 0 Å². The van der Waals surface area contributed by atoms with Crippen LogP contribution in [0.4, 0.5) is 15.8 Å². The Morgan fingerprint density at radius 1 is 1.60 bits per heavy atom. The molecule has 0 aliphatic carbocycles. The first kappa shape index (κ1) is 14.7. The van der Waals surface area contributed by atoms with Crippen LogP contribution in [-0.4, -0.2) is 43.2 Å². The van der Waals surface area contributed by atoms with E-state index in [1.807, 2.05) is 0 Å². The lowest BCUT2D eigenvalue weighted by molar-refractivity contribution is -0.119. The predicted molar refractivity (Wildman–Crippen MR) is 75.9 cm³/mol. The second-order valence-corrected chi connectivity index (χ2v) is 4.89. The van der Waals surface area contributed by atoms with Gasteiger partial charge in [0.25, 0.3) is 0 Å². The highest BCUT2D eigenvalue weighted by molar-refractivity contribution is 5.95. The number of hydrogen-bond acceptors (Lipinski definition) is 4. The number of nitrogens with one attached hydrogen (secondary N) is 1. The second-order valence-electron chi connectivity index (χ2n) is 4.89. The number of morpholine rings is 1. The van der Waals surface area contributed by atoms with E-state index < -0.39 is 5.82 Å². The van der Waals surface area contributed by atoms with Gasteiger partial charge in [-0.2, -0.15) is 0 Å². The molecule has 0 bridgehead atoms. The van der Waals surface area contributed by atoms with Crippen molar-refractivity contribution in [2.45, 2.75) is 19.4 Å². The molecule has 1 aromatic rings. The zero-order valence-corrected chi connectivity index (χ0v) is 11.6. The maximum Gasteiger partial charge on any atom is 0.238 e. The molecule has 1 saturated heterocycles. The molecule has 0 radical (unpaired) electrons. The predicted octanol–water partition coefficient (Wildman–Crippen LogP) is 1.46. The Morgan fingerprint density at radius 3 is 3.15 bits per heavy atom. The van der Waals surface area contributed by atoms with E-state index in [-0.39, 0.29) is 18.5 Å². The number of nitrogens with zero attached hydrogens (tertiary/aromatic N) is 1. The third kappa shape index (κ3) is 3.68. The van der Waals surface area contributed by atoms with Crippen LogP contribution in [-0.2, 0) is 9.53 Å². The van der Waals surface area contributed by atoms with Crippen molar-refractivity contribution in [1.82, 2.24) is 4.90 Å². The van der Waals surface area contributed by atoms with Gasteiger partial charge in [0.05, 0.1) is 31.1 Å². The monoisotopic (exact) mass is 281 g/mol. The maximum atomic E-state index is 13.1. The average Bonchev–Trinajstić information content (AvgIpc) is 2.43. The minimum absolute atomic E-state index is 0.192. The fourth-order valence-electron chi connectivity index (χ4n) is 2.28. The number of hydrogen-bond donors (Lipinski definition) is 2. The van der Waals surface area contributed by atoms with Crippen LogP contribution in [0.2, 0.25) is 0 Å². The van der Waals surface area contributed by atoms with Crippen molar-refractivity contribution in [2.75, 3.05) is 37.4 Å². The van der Waals surface area contributed by atoms with Gasteiger partial charge in [-0.15, -0.1) is 0 Å². The standard InChI is InChI=1S/C14H20FN3O2/c1-2-11-9-20-6-5-18(11)8-14(19)17-13-7-10(15)3-4-12(13)16/h3-4,7,11H,2,5-6,8-9,16H2,1H3,(H,17,19). The fourth-order valence-corrected chi connectivity index (χ4v) is 2.28. The molecule has 1 fully saturated rings. The average molecular weight is 281 g/mol. The van der Waals surface area contributed by atoms with E-state index >= 15 is 0 Å². The lowest BCUT2D eigenvalue weighted by Gasteiger charge is -2.34. The third-order valence-corrected chi connectivity index (χ3v) is 3.46.